The van der Waals surface area contributed by atoms with Crippen LogP contribution >= 0.6 is 0 Å². The molecule has 1 aliphatic heterocycles. The predicted octanol–water partition coefficient (Wildman–Crippen LogP) is 1.01. The third-order valence-corrected chi connectivity index (χ3v) is 6.99. The lowest BCUT2D eigenvalue weighted by molar-refractivity contribution is -0.116. The molecule has 1 N–H and O–H groups in total. The van der Waals surface area contributed by atoms with Crippen LogP contribution in [0.15, 0.2) is 34.0 Å². The fourth-order valence-electron chi connectivity index (χ4n) is 4.00. The maximum absolute atomic E-state index is 12.7. The Hall–Kier alpha value is -2.52. The van der Waals surface area contributed by atoms with Gasteiger partial charge in [0, 0.05) is 31.8 Å². The average molecular weight is 417 g/mol. The van der Waals surface area contributed by atoms with Gasteiger partial charge >= 0.3 is 0 Å². The van der Waals surface area contributed by atoms with Gasteiger partial charge in [-0.25, -0.2) is 17.8 Å². The molecule has 1 amide bonds. The van der Waals surface area contributed by atoms with Crippen molar-refractivity contribution in [2.45, 2.75) is 50.5 Å². The zero-order chi connectivity index (χ0) is 20.6. The molecule has 9 heteroatoms. The van der Waals surface area contributed by atoms with Gasteiger partial charge < -0.3 is 4.90 Å². The zero-order valence-corrected chi connectivity index (χ0v) is 17.2. The van der Waals surface area contributed by atoms with Crippen LogP contribution in [0, 0.1) is 0 Å². The van der Waals surface area contributed by atoms with Gasteiger partial charge in [-0.1, -0.05) is 0 Å². The maximum Gasteiger partial charge on any atom is 0.267 e. The van der Waals surface area contributed by atoms with Crippen molar-refractivity contribution in [2.24, 2.45) is 0 Å². The standard InChI is InChI=1S/C20H24N4O4S/c1-14(25)23-10-8-16-12-17(6-7-19(16)23)29(27,28)21-9-11-24-20(26)13-15-4-2-3-5-18(15)22-24/h6-7,12-13,21H,2-5,8-11H2,1H3. The van der Waals surface area contributed by atoms with Crippen LogP contribution in [-0.4, -0.2) is 37.2 Å². The number of amides is 1. The summed E-state index contributed by atoms with van der Waals surface area (Å²) >= 11 is 0. The molecule has 0 fully saturated rings. The molecule has 1 aromatic carbocycles. The minimum atomic E-state index is -3.72. The number of aromatic nitrogens is 2. The minimum absolute atomic E-state index is 0.0551. The molecule has 0 spiro atoms. The largest absolute Gasteiger partial charge is 0.312 e. The first kappa shape index (κ1) is 19.8. The number of nitrogens with zero attached hydrogens (tertiary/aromatic N) is 3. The van der Waals surface area contributed by atoms with Gasteiger partial charge in [-0.15, -0.1) is 0 Å². The number of rotatable bonds is 5. The molecule has 2 aromatic rings. The van der Waals surface area contributed by atoms with E-state index in [1.54, 1.807) is 23.1 Å². The lowest BCUT2D eigenvalue weighted by Gasteiger charge is -2.16. The zero-order valence-electron chi connectivity index (χ0n) is 16.3. The summed E-state index contributed by atoms with van der Waals surface area (Å²) in [5.41, 5.74) is 3.35. The summed E-state index contributed by atoms with van der Waals surface area (Å²) in [6, 6.07) is 6.42. The monoisotopic (exact) mass is 416 g/mol. The molecular formula is C20H24N4O4S. The summed E-state index contributed by atoms with van der Waals surface area (Å²) in [7, 11) is -3.72. The molecule has 0 atom stereocenters. The van der Waals surface area contributed by atoms with Crippen LogP contribution in [0.5, 0.6) is 0 Å². The summed E-state index contributed by atoms with van der Waals surface area (Å²) < 4.78 is 29.2. The molecule has 4 rings (SSSR count). The van der Waals surface area contributed by atoms with Crippen LogP contribution < -0.4 is 15.2 Å². The Balaban J connectivity index is 1.45. The molecule has 8 nitrogen and oxygen atoms in total. The predicted molar refractivity (Wildman–Crippen MR) is 109 cm³/mol. The average Bonchev–Trinajstić information content (AvgIpc) is 3.12. The van der Waals surface area contributed by atoms with Gasteiger partial charge in [0.15, 0.2) is 0 Å². The Kier molecular flexibility index (Phi) is 5.26. The van der Waals surface area contributed by atoms with Crippen LogP contribution in [0.25, 0.3) is 0 Å². The van der Waals surface area contributed by atoms with Crippen molar-refractivity contribution >= 4 is 21.6 Å². The van der Waals surface area contributed by atoms with Crippen molar-refractivity contribution in [3.63, 3.8) is 0 Å². The fraction of sp³-hybridized carbons (Fsp3) is 0.450. The number of sulfonamides is 1. The number of nitrogens with one attached hydrogen (secondary N) is 1. The first-order valence-corrected chi connectivity index (χ1v) is 11.3. The summed E-state index contributed by atoms with van der Waals surface area (Å²) in [6.07, 6.45) is 4.50. The van der Waals surface area contributed by atoms with Gasteiger partial charge in [-0.2, -0.15) is 5.10 Å². The van der Waals surface area contributed by atoms with E-state index in [1.165, 1.54) is 17.7 Å². The van der Waals surface area contributed by atoms with Crippen molar-refractivity contribution in [1.82, 2.24) is 14.5 Å². The highest BCUT2D eigenvalue weighted by Crippen LogP contribution is 2.30. The van der Waals surface area contributed by atoms with E-state index in [-0.39, 0.29) is 29.5 Å². The highest BCUT2D eigenvalue weighted by molar-refractivity contribution is 7.89. The molecule has 0 saturated carbocycles. The van der Waals surface area contributed by atoms with E-state index in [0.717, 1.165) is 48.2 Å². The minimum Gasteiger partial charge on any atom is -0.312 e. The highest BCUT2D eigenvalue weighted by atomic mass is 32.2. The fourth-order valence-corrected chi connectivity index (χ4v) is 5.07. The van der Waals surface area contributed by atoms with Gasteiger partial charge in [-0.05, 0) is 61.4 Å². The van der Waals surface area contributed by atoms with E-state index in [2.05, 4.69) is 9.82 Å². The van der Waals surface area contributed by atoms with Crippen LogP contribution in [0.2, 0.25) is 0 Å². The summed E-state index contributed by atoms with van der Waals surface area (Å²) in [4.78, 5) is 25.7. The van der Waals surface area contributed by atoms with E-state index in [4.69, 9.17) is 0 Å². The van der Waals surface area contributed by atoms with Crippen molar-refractivity contribution in [3.8, 4) is 0 Å². The maximum atomic E-state index is 12.7. The molecule has 0 saturated heterocycles. The number of hydrogen-bond acceptors (Lipinski definition) is 5. The molecule has 1 aromatic heterocycles. The molecule has 154 valence electrons. The number of anilines is 1. The SMILES string of the molecule is CC(=O)N1CCc2cc(S(=O)(=O)NCCn3nc4c(cc3=O)CCCC4)ccc21. The van der Waals surface area contributed by atoms with Gasteiger partial charge in [0.1, 0.15) is 0 Å². The summed E-state index contributed by atoms with van der Waals surface area (Å²) in [5, 5.41) is 4.41. The van der Waals surface area contributed by atoms with Gasteiger partial charge in [-0.3, -0.25) is 9.59 Å². The van der Waals surface area contributed by atoms with Crippen LogP contribution in [0.3, 0.4) is 0 Å². The first-order valence-electron chi connectivity index (χ1n) is 9.86. The van der Waals surface area contributed by atoms with Crippen LogP contribution in [0.1, 0.15) is 36.6 Å². The summed E-state index contributed by atoms with van der Waals surface area (Å²) in [6.45, 7) is 2.31. The van der Waals surface area contributed by atoms with E-state index in [9.17, 15) is 18.0 Å². The number of carbonyl (C=O) groups is 1. The van der Waals surface area contributed by atoms with Crippen molar-refractivity contribution in [1.29, 1.82) is 0 Å². The second-order valence-corrected chi connectivity index (χ2v) is 9.26. The topological polar surface area (TPSA) is 101 Å². The smallest absolute Gasteiger partial charge is 0.267 e. The molecule has 0 radical (unpaired) electrons. The van der Waals surface area contributed by atoms with E-state index in [0.29, 0.717) is 13.0 Å². The number of fused-ring (bicyclic) bond motifs is 2. The molecular weight excluding hydrogens is 392 g/mol. The van der Waals surface area contributed by atoms with E-state index >= 15 is 0 Å². The molecule has 2 heterocycles. The Morgan fingerprint density at radius 3 is 2.72 bits per heavy atom. The van der Waals surface area contributed by atoms with Crippen LogP contribution in [0.4, 0.5) is 5.69 Å². The summed E-state index contributed by atoms with van der Waals surface area (Å²) in [5.74, 6) is -0.0551. The van der Waals surface area contributed by atoms with Crippen molar-refractivity contribution in [2.75, 3.05) is 18.0 Å². The lowest BCUT2D eigenvalue weighted by Crippen LogP contribution is -2.33. The van der Waals surface area contributed by atoms with Gasteiger partial charge in [0.2, 0.25) is 15.9 Å². The highest BCUT2D eigenvalue weighted by Gasteiger charge is 2.24. The number of carbonyl (C=O) groups excluding carboxylic acids is 1. The number of aryl methyl sites for hydroxylation is 2. The number of hydrogen-bond donors (Lipinski definition) is 1. The normalized spacial score (nSPS) is 15.8. The Labute approximate surface area is 169 Å². The first-order chi connectivity index (χ1) is 13.8. The third-order valence-electron chi connectivity index (χ3n) is 5.53. The van der Waals surface area contributed by atoms with Crippen molar-refractivity contribution in [3.05, 3.63) is 51.4 Å². The molecule has 2 aliphatic rings. The second-order valence-electron chi connectivity index (χ2n) is 7.49. The number of benzene rings is 1. The Morgan fingerprint density at radius 1 is 1.14 bits per heavy atom. The van der Waals surface area contributed by atoms with E-state index in [1.807, 2.05) is 0 Å². The van der Waals surface area contributed by atoms with Gasteiger partial charge in [0.05, 0.1) is 17.1 Å². The Bertz CT molecular complexity index is 1120. The lowest BCUT2D eigenvalue weighted by atomic mass is 9.97. The Morgan fingerprint density at radius 2 is 1.93 bits per heavy atom. The van der Waals surface area contributed by atoms with Crippen LogP contribution in [-0.2, 0) is 40.6 Å². The molecule has 0 bridgehead atoms. The van der Waals surface area contributed by atoms with E-state index < -0.39 is 10.0 Å². The second kappa shape index (κ2) is 7.72. The third kappa shape index (κ3) is 3.97. The molecule has 1 aliphatic carbocycles. The van der Waals surface area contributed by atoms with Crippen molar-refractivity contribution < 1.29 is 13.2 Å². The molecule has 29 heavy (non-hydrogen) atoms. The molecule has 0 unspecified atom stereocenters. The van der Waals surface area contributed by atoms with Gasteiger partial charge in [0.25, 0.3) is 5.56 Å². The quantitative estimate of drug-likeness (QED) is 0.784.